The molecule has 74 valence electrons. The molecule has 0 unspecified atom stereocenters. The third kappa shape index (κ3) is 2.03. The van der Waals surface area contributed by atoms with Gasteiger partial charge in [0.2, 0.25) is 0 Å². The van der Waals surface area contributed by atoms with Gasteiger partial charge in [0.15, 0.2) is 5.78 Å². The molecule has 1 nitrogen and oxygen atoms in total. The number of aryl methyl sites for hydroxylation is 2. The van der Waals surface area contributed by atoms with E-state index in [0.29, 0.717) is 11.7 Å². The predicted octanol–water partition coefficient (Wildman–Crippen LogP) is 3.29. The molecule has 0 amide bonds. The number of Topliss-reactive ketones (excluding diaryl/α,β-unsaturated/α-hetero) is 1. The van der Waals surface area contributed by atoms with Crippen LogP contribution < -0.4 is 0 Å². The summed E-state index contributed by atoms with van der Waals surface area (Å²) in [5.41, 5.74) is 3.22. The van der Waals surface area contributed by atoms with Crippen molar-refractivity contribution in [1.29, 1.82) is 0 Å². The Morgan fingerprint density at radius 3 is 2.71 bits per heavy atom. The van der Waals surface area contributed by atoms with Crippen molar-refractivity contribution in [2.75, 3.05) is 0 Å². The highest BCUT2D eigenvalue weighted by Crippen LogP contribution is 2.33. The lowest BCUT2D eigenvalue weighted by molar-refractivity contribution is 0.0975. The summed E-state index contributed by atoms with van der Waals surface area (Å²) in [4.78, 5) is 11.9. The molecule has 14 heavy (non-hydrogen) atoms. The molecular weight excluding hydrogens is 172 g/mol. The quantitative estimate of drug-likeness (QED) is 0.665. The number of rotatable bonds is 3. The van der Waals surface area contributed by atoms with Gasteiger partial charge >= 0.3 is 0 Å². The van der Waals surface area contributed by atoms with Gasteiger partial charge in [0, 0.05) is 12.0 Å². The Kier molecular flexibility index (Phi) is 2.40. The minimum Gasteiger partial charge on any atom is -0.294 e. The molecule has 0 radical (unpaired) electrons. The Balaban J connectivity index is 2.20. The van der Waals surface area contributed by atoms with Crippen molar-refractivity contribution in [3.8, 4) is 0 Å². The van der Waals surface area contributed by atoms with Gasteiger partial charge in [-0.25, -0.2) is 0 Å². The Hall–Kier alpha value is -1.11. The van der Waals surface area contributed by atoms with Gasteiger partial charge < -0.3 is 0 Å². The first-order valence-electron chi connectivity index (χ1n) is 5.27. The van der Waals surface area contributed by atoms with Crippen LogP contribution in [0.1, 0.15) is 40.7 Å². The van der Waals surface area contributed by atoms with E-state index in [1.807, 2.05) is 26.0 Å². The van der Waals surface area contributed by atoms with Crippen molar-refractivity contribution in [3.63, 3.8) is 0 Å². The van der Waals surface area contributed by atoms with Gasteiger partial charge in [-0.2, -0.15) is 0 Å². The van der Waals surface area contributed by atoms with Crippen LogP contribution in [0.3, 0.4) is 0 Å². The smallest absolute Gasteiger partial charge is 0.163 e. The summed E-state index contributed by atoms with van der Waals surface area (Å²) in [7, 11) is 0. The van der Waals surface area contributed by atoms with Gasteiger partial charge in [-0.1, -0.05) is 17.7 Å². The fourth-order valence-corrected chi connectivity index (χ4v) is 1.73. The van der Waals surface area contributed by atoms with E-state index in [0.717, 1.165) is 17.5 Å². The summed E-state index contributed by atoms with van der Waals surface area (Å²) in [5.74, 6) is 1.01. The van der Waals surface area contributed by atoms with Crippen molar-refractivity contribution in [3.05, 3.63) is 34.9 Å². The maximum Gasteiger partial charge on any atom is 0.163 e. The molecule has 0 bridgehead atoms. The van der Waals surface area contributed by atoms with E-state index < -0.39 is 0 Å². The monoisotopic (exact) mass is 188 g/mol. The van der Waals surface area contributed by atoms with Crippen LogP contribution in [-0.4, -0.2) is 5.78 Å². The molecule has 1 heteroatoms. The normalized spacial score (nSPS) is 15.6. The number of carbonyl (C=O) groups excluding carboxylic acids is 1. The molecule has 0 atom stereocenters. The average molecular weight is 188 g/mol. The summed E-state index contributed by atoms with van der Waals surface area (Å²) in [5, 5.41) is 0. The molecule has 1 aromatic carbocycles. The SMILES string of the molecule is Cc1ccc(C)c(C(=O)CC2CC2)c1. The molecule has 1 aromatic rings. The number of carbonyl (C=O) groups is 1. The predicted molar refractivity (Wildman–Crippen MR) is 57.6 cm³/mol. The van der Waals surface area contributed by atoms with E-state index in [1.165, 1.54) is 18.4 Å². The molecule has 1 aliphatic rings. The first-order chi connectivity index (χ1) is 6.66. The molecule has 1 fully saturated rings. The van der Waals surface area contributed by atoms with Crippen LogP contribution in [0.15, 0.2) is 18.2 Å². The largest absolute Gasteiger partial charge is 0.294 e. The first kappa shape index (κ1) is 9.45. The zero-order valence-corrected chi connectivity index (χ0v) is 8.84. The van der Waals surface area contributed by atoms with Gasteiger partial charge in [-0.15, -0.1) is 0 Å². The zero-order valence-electron chi connectivity index (χ0n) is 8.84. The summed E-state index contributed by atoms with van der Waals surface area (Å²) < 4.78 is 0. The molecule has 0 N–H and O–H groups in total. The van der Waals surface area contributed by atoms with Crippen molar-refractivity contribution >= 4 is 5.78 Å². The molecule has 2 rings (SSSR count). The zero-order chi connectivity index (χ0) is 10.1. The Morgan fingerprint density at radius 1 is 1.36 bits per heavy atom. The number of ketones is 1. The highest BCUT2D eigenvalue weighted by atomic mass is 16.1. The summed E-state index contributed by atoms with van der Waals surface area (Å²) in [6.45, 7) is 4.05. The highest BCUT2D eigenvalue weighted by molar-refractivity contribution is 5.97. The lowest BCUT2D eigenvalue weighted by Gasteiger charge is -2.05. The average Bonchev–Trinajstić information content (AvgIpc) is 2.93. The lowest BCUT2D eigenvalue weighted by atomic mass is 9.99. The molecule has 0 heterocycles. The molecule has 1 aliphatic carbocycles. The fourth-order valence-electron chi connectivity index (χ4n) is 1.73. The van der Waals surface area contributed by atoms with Gasteiger partial charge in [0.25, 0.3) is 0 Å². The van der Waals surface area contributed by atoms with E-state index in [4.69, 9.17) is 0 Å². The van der Waals surface area contributed by atoms with Crippen LogP contribution in [0.2, 0.25) is 0 Å². The van der Waals surface area contributed by atoms with Gasteiger partial charge in [0.1, 0.15) is 0 Å². The van der Waals surface area contributed by atoms with Gasteiger partial charge in [-0.3, -0.25) is 4.79 Å². The molecule has 0 saturated heterocycles. The standard InChI is InChI=1S/C13H16O/c1-9-3-4-10(2)12(7-9)13(14)8-11-5-6-11/h3-4,7,11H,5-6,8H2,1-2H3. The number of benzene rings is 1. The lowest BCUT2D eigenvalue weighted by Crippen LogP contribution is -2.03. The summed E-state index contributed by atoms with van der Waals surface area (Å²) in [6, 6.07) is 6.11. The summed E-state index contributed by atoms with van der Waals surface area (Å²) >= 11 is 0. The maximum atomic E-state index is 11.9. The van der Waals surface area contributed by atoms with Crippen LogP contribution in [0.4, 0.5) is 0 Å². The molecule has 0 aromatic heterocycles. The van der Waals surface area contributed by atoms with Crippen molar-refractivity contribution < 1.29 is 4.79 Å². The van der Waals surface area contributed by atoms with E-state index in [1.54, 1.807) is 0 Å². The van der Waals surface area contributed by atoms with E-state index in [-0.39, 0.29) is 0 Å². The fraction of sp³-hybridized carbons (Fsp3) is 0.462. The van der Waals surface area contributed by atoms with Crippen LogP contribution in [0.5, 0.6) is 0 Å². The highest BCUT2D eigenvalue weighted by Gasteiger charge is 2.25. The number of hydrogen-bond donors (Lipinski definition) is 0. The third-order valence-corrected chi connectivity index (χ3v) is 2.86. The first-order valence-corrected chi connectivity index (χ1v) is 5.27. The molecule has 0 spiro atoms. The minimum atomic E-state index is 0.328. The topological polar surface area (TPSA) is 17.1 Å². The maximum absolute atomic E-state index is 11.9. The Labute approximate surface area is 85.1 Å². The van der Waals surface area contributed by atoms with Crippen molar-refractivity contribution in [2.24, 2.45) is 5.92 Å². The third-order valence-electron chi connectivity index (χ3n) is 2.86. The molecular formula is C13H16O. The minimum absolute atomic E-state index is 0.328. The van der Waals surface area contributed by atoms with Crippen LogP contribution >= 0.6 is 0 Å². The molecule has 1 saturated carbocycles. The van der Waals surface area contributed by atoms with Crippen LogP contribution in [0.25, 0.3) is 0 Å². The molecule has 0 aliphatic heterocycles. The van der Waals surface area contributed by atoms with Gasteiger partial charge in [0.05, 0.1) is 0 Å². The van der Waals surface area contributed by atoms with Crippen molar-refractivity contribution in [1.82, 2.24) is 0 Å². The second kappa shape index (κ2) is 3.56. The van der Waals surface area contributed by atoms with E-state index in [2.05, 4.69) is 6.07 Å². The number of hydrogen-bond acceptors (Lipinski definition) is 1. The van der Waals surface area contributed by atoms with Crippen LogP contribution in [0, 0.1) is 19.8 Å². The Morgan fingerprint density at radius 2 is 2.07 bits per heavy atom. The van der Waals surface area contributed by atoms with E-state index >= 15 is 0 Å². The van der Waals surface area contributed by atoms with Crippen LogP contribution in [-0.2, 0) is 0 Å². The second-order valence-electron chi connectivity index (χ2n) is 4.39. The second-order valence-corrected chi connectivity index (χ2v) is 4.39. The van der Waals surface area contributed by atoms with Gasteiger partial charge in [-0.05, 0) is 44.2 Å². The Bertz CT molecular complexity index is 361. The summed E-state index contributed by atoms with van der Waals surface area (Å²) in [6.07, 6.45) is 3.25. The van der Waals surface area contributed by atoms with E-state index in [9.17, 15) is 4.79 Å². The van der Waals surface area contributed by atoms with Crippen molar-refractivity contribution in [2.45, 2.75) is 33.1 Å².